The largest absolute Gasteiger partial charge is 0.350 e. The number of para-hydroxylation sites is 1. The predicted octanol–water partition coefficient (Wildman–Crippen LogP) is 3.63. The second-order valence-corrected chi connectivity index (χ2v) is 13.0. The number of fused-ring (bicyclic) bond motifs is 1. The van der Waals surface area contributed by atoms with Gasteiger partial charge in [-0.2, -0.15) is 0 Å². The van der Waals surface area contributed by atoms with Gasteiger partial charge < -0.3 is 9.05 Å². The van der Waals surface area contributed by atoms with Gasteiger partial charge in [0.15, 0.2) is 0 Å². The maximum atomic E-state index is 2.45. The van der Waals surface area contributed by atoms with Gasteiger partial charge in [-0.15, -0.1) is 0 Å². The highest BCUT2D eigenvalue weighted by Crippen LogP contribution is 2.23. The summed E-state index contributed by atoms with van der Waals surface area (Å²) in [6, 6.07) is 8.72. The summed E-state index contributed by atoms with van der Waals surface area (Å²) in [5.74, 6) is 0. The summed E-state index contributed by atoms with van der Waals surface area (Å²) in [4.78, 5) is 0. The first-order valence-electron chi connectivity index (χ1n) is 7.03. The van der Waals surface area contributed by atoms with Gasteiger partial charge in [-0.25, -0.2) is 0 Å². The first-order chi connectivity index (χ1) is 8.68. The van der Waals surface area contributed by atoms with Crippen molar-refractivity contribution in [2.75, 3.05) is 20.3 Å². The minimum atomic E-state index is -1.04. The molecule has 1 aromatic heterocycles. The normalized spacial score (nSPS) is 13.2. The fourth-order valence-corrected chi connectivity index (χ4v) is 6.03. The molecule has 104 valence electrons. The van der Waals surface area contributed by atoms with Crippen LogP contribution in [0.1, 0.15) is 5.56 Å². The Balaban J connectivity index is 2.31. The Morgan fingerprint density at radius 1 is 1.11 bits per heavy atom. The Kier molecular flexibility index (Phi) is 3.62. The molecule has 0 aliphatic heterocycles. The van der Waals surface area contributed by atoms with Crippen LogP contribution < -0.4 is 0 Å². The van der Waals surface area contributed by atoms with E-state index in [1.165, 1.54) is 22.6 Å². The highest BCUT2D eigenvalue weighted by molar-refractivity contribution is 6.75. The van der Waals surface area contributed by atoms with Crippen LogP contribution in [0.2, 0.25) is 19.6 Å². The quantitative estimate of drug-likeness (QED) is 0.593. The van der Waals surface area contributed by atoms with Gasteiger partial charge in [0.05, 0.1) is 20.3 Å². The Hall–Kier alpha value is -1.06. The van der Waals surface area contributed by atoms with Crippen LogP contribution in [-0.4, -0.2) is 37.4 Å². The van der Waals surface area contributed by atoms with Crippen LogP contribution in [0.15, 0.2) is 30.5 Å². The van der Waals surface area contributed by atoms with Crippen LogP contribution in [0.5, 0.6) is 0 Å². The molecule has 0 radical (unpaired) electrons. The first-order valence-corrected chi connectivity index (χ1v) is 10.7. The van der Waals surface area contributed by atoms with Gasteiger partial charge in [-0.05, 0) is 6.07 Å². The molecule has 0 spiro atoms. The van der Waals surface area contributed by atoms with Gasteiger partial charge >= 0.3 is 0 Å². The van der Waals surface area contributed by atoms with E-state index in [1.54, 1.807) is 0 Å². The fourth-order valence-electron chi connectivity index (χ4n) is 3.35. The smallest absolute Gasteiger partial charge is 0.110 e. The number of aromatic nitrogens is 1. The van der Waals surface area contributed by atoms with E-state index >= 15 is 0 Å². The van der Waals surface area contributed by atoms with Crippen LogP contribution in [0.4, 0.5) is 0 Å². The average molecular weight is 275 g/mol. The second kappa shape index (κ2) is 4.80. The Morgan fingerprint density at radius 3 is 2.37 bits per heavy atom. The first kappa shape index (κ1) is 14.3. The molecule has 1 heterocycles. The van der Waals surface area contributed by atoms with Crippen molar-refractivity contribution < 1.29 is 4.48 Å². The van der Waals surface area contributed by atoms with Crippen molar-refractivity contribution in [3.05, 3.63) is 36.0 Å². The number of hydrogen-bond donors (Lipinski definition) is 0. The molecule has 1 aromatic carbocycles. The van der Waals surface area contributed by atoms with Crippen molar-refractivity contribution in [2.45, 2.75) is 26.2 Å². The number of quaternary nitrogens is 1. The van der Waals surface area contributed by atoms with Crippen LogP contribution in [0.25, 0.3) is 10.9 Å². The molecule has 0 aliphatic rings. The van der Waals surface area contributed by atoms with Gasteiger partial charge in [-0.1, -0.05) is 37.8 Å². The van der Waals surface area contributed by atoms with Crippen molar-refractivity contribution >= 4 is 19.0 Å². The molecule has 0 fully saturated rings. The van der Waals surface area contributed by atoms with E-state index in [9.17, 15) is 0 Å². The molecular weight excluding hydrogens is 248 g/mol. The van der Waals surface area contributed by atoms with E-state index in [0.29, 0.717) is 0 Å². The number of rotatable bonds is 4. The van der Waals surface area contributed by atoms with Crippen molar-refractivity contribution in [3.63, 3.8) is 0 Å². The van der Waals surface area contributed by atoms with Crippen LogP contribution in [-0.2, 0) is 13.6 Å². The van der Waals surface area contributed by atoms with E-state index in [-0.39, 0.29) is 0 Å². The Labute approximate surface area is 118 Å². The Bertz CT molecular complexity index is 576. The minimum Gasteiger partial charge on any atom is -0.350 e. The second-order valence-electron chi connectivity index (χ2n) is 7.60. The molecule has 0 N–H and O–H groups in total. The molecule has 0 bridgehead atoms. The molecule has 2 nitrogen and oxygen atoms in total. The summed E-state index contributed by atoms with van der Waals surface area (Å²) in [6.07, 6.45) is 3.62. The number of hydrogen-bond acceptors (Lipinski definition) is 0. The topological polar surface area (TPSA) is 4.93 Å². The molecule has 0 unspecified atom stereocenters. The minimum absolute atomic E-state index is 1.04. The van der Waals surface area contributed by atoms with Crippen LogP contribution in [0.3, 0.4) is 0 Å². The molecule has 0 amide bonds. The van der Waals surface area contributed by atoms with E-state index < -0.39 is 8.07 Å². The van der Waals surface area contributed by atoms with Gasteiger partial charge in [0.1, 0.15) is 14.6 Å². The highest BCUT2D eigenvalue weighted by Gasteiger charge is 2.27. The van der Waals surface area contributed by atoms with Gasteiger partial charge in [0.2, 0.25) is 0 Å². The van der Waals surface area contributed by atoms with Crippen molar-refractivity contribution in [2.24, 2.45) is 7.05 Å². The highest BCUT2D eigenvalue weighted by atomic mass is 28.3. The standard InChI is InChI=1S/C16H27N2Si/c1-17-11-14(15-9-7-8-10-16(15)17)12-18(2,3)13-19(4,5)6/h7-11H,12-13H2,1-6H3/q+1. The van der Waals surface area contributed by atoms with E-state index in [0.717, 1.165) is 11.0 Å². The fraction of sp³-hybridized carbons (Fsp3) is 0.500. The van der Waals surface area contributed by atoms with Gasteiger partial charge in [0, 0.05) is 29.7 Å². The third-order valence-electron chi connectivity index (χ3n) is 3.48. The third kappa shape index (κ3) is 3.48. The lowest BCUT2D eigenvalue weighted by Crippen LogP contribution is -2.49. The van der Waals surface area contributed by atoms with Gasteiger partial charge in [-0.3, -0.25) is 0 Å². The third-order valence-corrected chi connectivity index (χ3v) is 5.28. The number of benzene rings is 1. The molecule has 3 heteroatoms. The van der Waals surface area contributed by atoms with Crippen molar-refractivity contribution in [3.8, 4) is 0 Å². The summed E-state index contributed by atoms with van der Waals surface area (Å²) < 4.78 is 3.34. The molecule has 0 saturated carbocycles. The van der Waals surface area contributed by atoms with E-state index in [2.05, 4.69) is 75.8 Å². The average Bonchev–Trinajstić information content (AvgIpc) is 2.52. The summed E-state index contributed by atoms with van der Waals surface area (Å²) in [5, 5.41) is 1.41. The molecule has 0 atom stereocenters. The zero-order valence-electron chi connectivity index (χ0n) is 13.2. The molecule has 19 heavy (non-hydrogen) atoms. The molecule has 0 aliphatic carbocycles. The molecule has 2 rings (SSSR count). The maximum absolute atomic E-state index is 2.45. The van der Waals surface area contributed by atoms with Crippen molar-refractivity contribution in [1.29, 1.82) is 0 Å². The zero-order chi connectivity index (χ0) is 14.3. The van der Waals surface area contributed by atoms with E-state index in [4.69, 9.17) is 0 Å². The molecule has 2 aromatic rings. The Morgan fingerprint density at radius 2 is 1.74 bits per heavy atom. The number of aryl methyl sites for hydroxylation is 1. The van der Waals surface area contributed by atoms with Crippen LogP contribution in [0, 0.1) is 0 Å². The van der Waals surface area contributed by atoms with Crippen LogP contribution >= 0.6 is 0 Å². The van der Waals surface area contributed by atoms with Crippen molar-refractivity contribution in [1.82, 2.24) is 4.57 Å². The maximum Gasteiger partial charge on any atom is 0.110 e. The lowest BCUT2D eigenvalue weighted by Gasteiger charge is -2.34. The SMILES string of the molecule is Cn1cc(C[N+](C)(C)C[Si](C)(C)C)c2ccccc21. The molecule has 0 saturated heterocycles. The van der Waals surface area contributed by atoms with E-state index in [1.807, 2.05) is 0 Å². The monoisotopic (exact) mass is 275 g/mol. The number of nitrogens with zero attached hydrogens (tertiary/aromatic N) is 2. The zero-order valence-corrected chi connectivity index (χ0v) is 14.2. The summed E-state index contributed by atoms with van der Waals surface area (Å²) >= 11 is 0. The molecular formula is C16H27N2Si+. The summed E-state index contributed by atoms with van der Waals surface area (Å²) in [6.45, 7) is 8.48. The summed E-state index contributed by atoms with van der Waals surface area (Å²) in [7, 11) is 5.82. The van der Waals surface area contributed by atoms with Gasteiger partial charge in [0.25, 0.3) is 0 Å². The summed E-state index contributed by atoms with van der Waals surface area (Å²) in [5.41, 5.74) is 2.81. The lowest BCUT2D eigenvalue weighted by molar-refractivity contribution is -0.894. The predicted molar refractivity (Wildman–Crippen MR) is 86.9 cm³/mol. The lowest BCUT2D eigenvalue weighted by atomic mass is 10.1.